The zero-order valence-corrected chi connectivity index (χ0v) is 8.89. The zero-order valence-electron chi connectivity index (χ0n) is 8.13. The number of ether oxygens (including phenoxy) is 1. The molecule has 80 valence electrons. The largest absolute Gasteiger partial charge is 0.439 e. The fourth-order valence-electron chi connectivity index (χ4n) is 1.11. The molecule has 0 N–H and O–H groups in total. The lowest BCUT2D eigenvalue weighted by Gasteiger charge is -2.03. The lowest BCUT2D eigenvalue weighted by molar-refractivity contribution is 0.112. The molecule has 0 aliphatic carbocycles. The summed E-state index contributed by atoms with van der Waals surface area (Å²) in [5, 5.41) is 0.127. The Bertz CT molecular complexity index is 500. The van der Waals surface area contributed by atoms with Gasteiger partial charge in [-0.3, -0.25) is 4.79 Å². The Hall–Kier alpha value is -1.94. The van der Waals surface area contributed by atoms with E-state index in [1.807, 2.05) is 0 Å². The molecule has 0 spiro atoms. The lowest BCUT2D eigenvalue weighted by atomic mass is 10.2. The Labute approximate surface area is 96.9 Å². The molecular formula is C11H7ClN2O2. The van der Waals surface area contributed by atoms with E-state index in [1.165, 1.54) is 6.20 Å². The van der Waals surface area contributed by atoms with Crippen molar-refractivity contribution in [3.8, 4) is 11.6 Å². The van der Waals surface area contributed by atoms with Crippen LogP contribution >= 0.6 is 11.6 Å². The number of benzene rings is 1. The smallest absolute Gasteiger partial charge is 0.225 e. The van der Waals surface area contributed by atoms with Crippen LogP contribution in [-0.4, -0.2) is 16.3 Å². The van der Waals surface area contributed by atoms with Crippen LogP contribution in [0.25, 0.3) is 0 Å². The Kier molecular flexibility index (Phi) is 3.12. The summed E-state index contributed by atoms with van der Waals surface area (Å²) in [6.45, 7) is 0. The van der Waals surface area contributed by atoms with E-state index in [4.69, 9.17) is 16.3 Å². The number of nitrogens with zero attached hydrogens (tertiary/aromatic N) is 2. The molecule has 16 heavy (non-hydrogen) atoms. The van der Waals surface area contributed by atoms with Gasteiger partial charge in [-0.05, 0) is 35.9 Å². The van der Waals surface area contributed by atoms with Crippen molar-refractivity contribution < 1.29 is 9.53 Å². The molecule has 2 rings (SSSR count). The van der Waals surface area contributed by atoms with Gasteiger partial charge in [0, 0.05) is 17.8 Å². The van der Waals surface area contributed by atoms with Gasteiger partial charge < -0.3 is 4.74 Å². The second-order valence-electron chi connectivity index (χ2n) is 2.95. The van der Waals surface area contributed by atoms with Gasteiger partial charge in [-0.15, -0.1) is 0 Å². The molecule has 0 aliphatic rings. The van der Waals surface area contributed by atoms with Crippen molar-refractivity contribution in [2.45, 2.75) is 0 Å². The molecule has 0 bridgehead atoms. The van der Waals surface area contributed by atoms with Crippen LogP contribution in [0.15, 0.2) is 36.5 Å². The van der Waals surface area contributed by atoms with E-state index in [-0.39, 0.29) is 5.28 Å². The third-order valence-electron chi connectivity index (χ3n) is 1.84. The number of carbonyl (C=O) groups excluding carboxylic acids is 1. The van der Waals surface area contributed by atoms with E-state index in [1.54, 1.807) is 30.3 Å². The standard InChI is InChI=1S/C11H7ClN2O2/c12-11-13-6-5-10(14-11)16-9-3-1-8(7-15)2-4-9/h1-7H. The minimum atomic E-state index is 0.127. The predicted molar refractivity (Wildman–Crippen MR) is 58.9 cm³/mol. The highest BCUT2D eigenvalue weighted by Crippen LogP contribution is 2.19. The van der Waals surface area contributed by atoms with Crippen LogP contribution in [0.1, 0.15) is 10.4 Å². The van der Waals surface area contributed by atoms with Gasteiger partial charge in [0.25, 0.3) is 0 Å². The maximum absolute atomic E-state index is 10.4. The highest BCUT2D eigenvalue weighted by atomic mass is 35.5. The van der Waals surface area contributed by atoms with Crippen molar-refractivity contribution in [1.82, 2.24) is 9.97 Å². The van der Waals surface area contributed by atoms with E-state index in [9.17, 15) is 4.79 Å². The van der Waals surface area contributed by atoms with Crippen molar-refractivity contribution >= 4 is 17.9 Å². The predicted octanol–water partition coefficient (Wildman–Crippen LogP) is 2.73. The molecule has 0 aliphatic heterocycles. The van der Waals surface area contributed by atoms with Crippen molar-refractivity contribution in [2.75, 3.05) is 0 Å². The lowest BCUT2D eigenvalue weighted by Crippen LogP contribution is -1.89. The van der Waals surface area contributed by atoms with E-state index in [2.05, 4.69) is 9.97 Å². The zero-order chi connectivity index (χ0) is 11.4. The van der Waals surface area contributed by atoms with Gasteiger partial charge in [0.15, 0.2) is 0 Å². The van der Waals surface area contributed by atoms with Crippen LogP contribution in [-0.2, 0) is 0 Å². The average Bonchev–Trinajstić information content (AvgIpc) is 2.30. The molecule has 0 saturated carbocycles. The van der Waals surface area contributed by atoms with Crippen LogP contribution in [0.3, 0.4) is 0 Å². The summed E-state index contributed by atoms with van der Waals surface area (Å²) in [6.07, 6.45) is 2.27. The summed E-state index contributed by atoms with van der Waals surface area (Å²) < 4.78 is 5.41. The van der Waals surface area contributed by atoms with Crippen LogP contribution < -0.4 is 4.74 Å². The molecule has 1 aromatic carbocycles. The first-order chi connectivity index (χ1) is 7.78. The van der Waals surface area contributed by atoms with E-state index < -0.39 is 0 Å². The van der Waals surface area contributed by atoms with Crippen LogP contribution in [0.5, 0.6) is 11.6 Å². The van der Waals surface area contributed by atoms with Crippen molar-refractivity contribution in [1.29, 1.82) is 0 Å². The Balaban J connectivity index is 2.17. The van der Waals surface area contributed by atoms with Gasteiger partial charge in [0.05, 0.1) is 0 Å². The van der Waals surface area contributed by atoms with Crippen LogP contribution in [0.4, 0.5) is 0 Å². The van der Waals surface area contributed by atoms with Crippen LogP contribution in [0.2, 0.25) is 5.28 Å². The minimum absolute atomic E-state index is 0.127. The van der Waals surface area contributed by atoms with Crippen molar-refractivity contribution in [3.63, 3.8) is 0 Å². The Morgan fingerprint density at radius 2 is 1.94 bits per heavy atom. The number of halogens is 1. The molecular weight excluding hydrogens is 228 g/mol. The van der Waals surface area contributed by atoms with E-state index in [0.29, 0.717) is 17.2 Å². The molecule has 2 aromatic rings. The van der Waals surface area contributed by atoms with Gasteiger partial charge in [0.2, 0.25) is 11.2 Å². The maximum Gasteiger partial charge on any atom is 0.225 e. The Morgan fingerprint density at radius 1 is 1.19 bits per heavy atom. The first-order valence-corrected chi connectivity index (χ1v) is 4.87. The maximum atomic E-state index is 10.4. The monoisotopic (exact) mass is 234 g/mol. The van der Waals surface area contributed by atoms with E-state index >= 15 is 0 Å². The van der Waals surface area contributed by atoms with Crippen LogP contribution in [0, 0.1) is 0 Å². The third-order valence-corrected chi connectivity index (χ3v) is 2.02. The van der Waals surface area contributed by atoms with E-state index in [0.717, 1.165) is 6.29 Å². The molecule has 1 heterocycles. The Morgan fingerprint density at radius 3 is 2.56 bits per heavy atom. The second-order valence-corrected chi connectivity index (χ2v) is 3.29. The van der Waals surface area contributed by atoms with Gasteiger partial charge in [-0.1, -0.05) is 0 Å². The summed E-state index contributed by atoms with van der Waals surface area (Å²) in [5.74, 6) is 0.944. The number of rotatable bonds is 3. The molecule has 0 radical (unpaired) electrons. The summed E-state index contributed by atoms with van der Waals surface area (Å²) in [6, 6.07) is 8.27. The highest BCUT2D eigenvalue weighted by Gasteiger charge is 2.00. The molecule has 0 amide bonds. The summed E-state index contributed by atoms with van der Waals surface area (Å²) in [4.78, 5) is 18.1. The van der Waals surface area contributed by atoms with Gasteiger partial charge in [0.1, 0.15) is 12.0 Å². The number of hydrogen-bond acceptors (Lipinski definition) is 4. The summed E-state index contributed by atoms with van der Waals surface area (Å²) in [7, 11) is 0. The summed E-state index contributed by atoms with van der Waals surface area (Å²) in [5.41, 5.74) is 0.591. The highest BCUT2D eigenvalue weighted by molar-refractivity contribution is 6.28. The number of aldehydes is 1. The average molecular weight is 235 g/mol. The summed E-state index contributed by atoms with van der Waals surface area (Å²) >= 11 is 5.61. The molecule has 0 saturated heterocycles. The molecule has 1 aromatic heterocycles. The van der Waals surface area contributed by atoms with Crippen molar-refractivity contribution in [3.05, 3.63) is 47.4 Å². The number of carbonyl (C=O) groups is 1. The number of aromatic nitrogens is 2. The SMILES string of the molecule is O=Cc1ccc(Oc2ccnc(Cl)n2)cc1. The third kappa shape index (κ3) is 2.55. The number of hydrogen-bond donors (Lipinski definition) is 0. The molecule has 4 nitrogen and oxygen atoms in total. The molecule has 0 fully saturated rings. The minimum Gasteiger partial charge on any atom is -0.439 e. The molecule has 5 heteroatoms. The molecule has 0 atom stereocenters. The fraction of sp³-hybridized carbons (Fsp3) is 0. The normalized spacial score (nSPS) is 9.81. The second kappa shape index (κ2) is 4.72. The van der Waals surface area contributed by atoms with Gasteiger partial charge >= 0.3 is 0 Å². The van der Waals surface area contributed by atoms with Gasteiger partial charge in [-0.2, -0.15) is 4.98 Å². The topological polar surface area (TPSA) is 52.1 Å². The molecule has 0 unspecified atom stereocenters. The first kappa shape index (κ1) is 10.6. The quantitative estimate of drug-likeness (QED) is 0.605. The first-order valence-electron chi connectivity index (χ1n) is 4.49. The van der Waals surface area contributed by atoms with Crippen molar-refractivity contribution in [2.24, 2.45) is 0 Å². The fourth-order valence-corrected chi connectivity index (χ4v) is 1.25. The van der Waals surface area contributed by atoms with Gasteiger partial charge in [-0.25, -0.2) is 4.98 Å².